The standard InChI is InChI=1S/C8H6O/c1-5-2-7-6(1)4-9-8(7)3-5/h2-3H,1,4H2. The van der Waals surface area contributed by atoms with Crippen LogP contribution >= 0.6 is 0 Å². The molecular weight excluding hydrogens is 112 g/mol. The van der Waals surface area contributed by atoms with Gasteiger partial charge in [0.2, 0.25) is 0 Å². The molecule has 0 saturated heterocycles. The predicted molar refractivity (Wildman–Crippen MR) is 33.8 cm³/mol. The SMILES string of the molecule is C1=C2C=C3OCC(=C13)C2. The van der Waals surface area contributed by atoms with Gasteiger partial charge in [0.05, 0.1) is 0 Å². The number of allylic oxidation sites excluding steroid dienone is 3. The first kappa shape index (κ1) is 3.94. The lowest BCUT2D eigenvalue weighted by Gasteiger charge is -1.93. The van der Waals surface area contributed by atoms with E-state index in [1.165, 1.54) is 16.7 Å². The predicted octanol–water partition coefficient (Wildman–Crippen LogP) is 1.54. The molecule has 0 atom stereocenters. The average Bonchev–Trinajstić information content (AvgIpc) is 2.35. The van der Waals surface area contributed by atoms with Gasteiger partial charge < -0.3 is 4.74 Å². The van der Waals surface area contributed by atoms with E-state index in [4.69, 9.17) is 4.74 Å². The van der Waals surface area contributed by atoms with Crippen LogP contribution in [0.25, 0.3) is 0 Å². The lowest BCUT2D eigenvalue weighted by Crippen LogP contribution is -1.82. The average molecular weight is 118 g/mol. The van der Waals surface area contributed by atoms with Gasteiger partial charge in [-0.3, -0.25) is 0 Å². The van der Waals surface area contributed by atoms with Crippen LogP contribution in [-0.2, 0) is 4.74 Å². The Kier molecular flexibility index (Phi) is 0.434. The molecule has 0 aromatic rings. The van der Waals surface area contributed by atoms with Crippen molar-refractivity contribution < 1.29 is 4.74 Å². The van der Waals surface area contributed by atoms with E-state index in [0.29, 0.717) is 0 Å². The highest BCUT2D eigenvalue weighted by molar-refractivity contribution is 5.61. The van der Waals surface area contributed by atoms with Crippen LogP contribution in [0.4, 0.5) is 0 Å². The summed E-state index contributed by atoms with van der Waals surface area (Å²) in [6, 6.07) is 0. The number of rotatable bonds is 0. The summed E-state index contributed by atoms with van der Waals surface area (Å²) in [5.74, 6) is 1.12. The minimum absolute atomic E-state index is 0.848. The summed E-state index contributed by atoms with van der Waals surface area (Å²) in [5.41, 5.74) is 4.31. The van der Waals surface area contributed by atoms with Gasteiger partial charge in [-0.25, -0.2) is 0 Å². The van der Waals surface area contributed by atoms with E-state index >= 15 is 0 Å². The molecule has 0 aromatic carbocycles. The van der Waals surface area contributed by atoms with Crippen LogP contribution in [0.15, 0.2) is 34.6 Å². The lowest BCUT2D eigenvalue weighted by atomic mass is 10.1. The van der Waals surface area contributed by atoms with E-state index in [1.54, 1.807) is 0 Å². The molecule has 0 saturated carbocycles. The molecule has 2 bridgehead atoms. The van der Waals surface area contributed by atoms with Gasteiger partial charge in [0, 0.05) is 5.57 Å². The minimum atomic E-state index is 0.848. The van der Waals surface area contributed by atoms with Crippen LogP contribution < -0.4 is 0 Å². The number of hydrogen-bond acceptors (Lipinski definition) is 1. The second-order valence-corrected chi connectivity index (χ2v) is 2.71. The molecular formula is C8H6O. The van der Waals surface area contributed by atoms with Crippen molar-refractivity contribution in [3.63, 3.8) is 0 Å². The van der Waals surface area contributed by atoms with Crippen LogP contribution in [-0.4, -0.2) is 6.61 Å². The summed E-state index contributed by atoms with van der Waals surface area (Å²) in [6.45, 7) is 0.848. The topological polar surface area (TPSA) is 9.23 Å². The zero-order valence-electron chi connectivity index (χ0n) is 4.98. The van der Waals surface area contributed by atoms with E-state index in [9.17, 15) is 0 Å². The van der Waals surface area contributed by atoms with Crippen molar-refractivity contribution in [2.75, 3.05) is 6.61 Å². The second kappa shape index (κ2) is 0.991. The maximum Gasteiger partial charge on any atom is 0.127 e. The quantitative estimate of drug-likeness (QED) is 0.468. The van der Waals surface area contributed by atoms with Crippen molar-refractivity contribution in [2.24, 2.45) is 0 Å². The van der Waals surface area contributed by atoms with E-state index in [2.05, 4.69) is 12.2 Å². The molecule has 0 unspecified atom stereocenters. The number of hydrogen-bond donors (Lipinski definition) is 0. The molecule has 0 spiro atoms. The Balaban J connectivity index is 2.37. The third kappa shape index (κ3) is 0.307. The highest BCUT2D eigenvalue weighted by Gasteiger charge is 2.30. The van der Waals surface area contributed by atoms with Gasteiger partial charge in [-0.2, -0.15) is 0 Å². The van der Waals surface area contributed by atoms with Gasteiger partial charge in [-0.1, -0.05) is 0 Å². The largest absolute Gasteiger partial charge is 0.489 e. The molecule has 0 fully saturated rings. The Labute approximate surface area is 53.3 Å². The summed E-state index contributed by atoms with van der Waals surface area (Å²) in [4.78, 5) is 0. The fraction of sp³-hybridized carbons (Fsp3) is 0.250. The maximum absolute atomic E-state index is 5.37. The smallest absolute Gasteiger partial charge is 0.127 e. The summed E-state index contributed by atoms with van der Waals surface area (Å²) >= 11 is 0. The van der Waals surface area contributed by atoms with Gasteiger partial charge in [-0.05, 0) is 29.7 Å². The van der Waals surface area contributed by atoms with E-state index in [0.717, 1.165) is 18.8 Å². The molecule has 3 rings (SSSR count). The van der Waals surface area contributed by atoms with Gasteiger partial charge >= 0.3 is 0 Å². The van der Waals surface area contributed by atoms with Gasteiger partial charge in [0.25, 0.3) is 0 Å². The molecule has 1 aliphatic heterocycles. The van der Waals surface area contributed by atoms with Crippen molar-refractivity contribution in [1.82, 2.24) is 0 Å². The molecule has 0 N–H and O–H groups in total. The normalized spacial score (nSPS) is 26.7. The van der Waals surface area contributed by atoms with Crippen LogP contribution in [0.5, 0.6) is 0 Å². The van der Waals surface area contributed by atoms with Gasteiger partial charge in [-0.15, -0.1) is 0 Å². The Bertz CT molecular complexity index is 279. The maximum atomic E-state index is 5.37. The highest BCUT2D eigenvalue weighted by atomic mass is 16.5. The first-order chi connectivity index (χ1) is 4.43. The second-order valence-electron chi connectivity index (χ2n) is 2.71. The van der Waals surface area contributed by atoms with Crippen LogP contribution in [0.3, 0.4) is 0 Å². The Morgan fingerprint density at radius 2 is 2.33 bits per heavy atom. The first-order valence-electron chi connectivity index (χ1n) is 3.21. The third-order valence-electron chi connectivity index (χ3n) is 2.11. The van der Waals surface area contributed by atoms with Crippen molar-refractivity contribution in [3.8, 4) is 0 Å². The van der Waals surface area contributed by atoms with Crippen molar-refractivity contribution >= 4 is 0 Å². The van der Waals surface area contributed by atoms with Crippen LogP contribution in [0.2, 0.25) is 0 Å². The molecule has 44 valence electrons. The van der Waals surface area contributed by atoms with Crippen molar-refractivity contribution in [1.29, 1.82) is 0 Å². The molecule has 3 aliphatic rings. The van der Waals surface area contributed by atoms with E-state index < -0.39 is 0 Å². The number of ether oxygens (including phenoxy) is 1. The molecule has 1 heterocycles. The third-order valence-corrected chi connectivity index (χ3v) is 2.11. The van der Waals surface area contributed by atoms with Gasteiger partial charge in [0.15, 0.2) is 0 Å². The first-order valence-corrected chi connectivity index (χ1v) is 3.21. The fourth-order valence-corrected chi connectivity index (χ4v) is 1.68. The summed E-state index contributed by atoms with van der Waals surface area (Å²) in [6.07, 6.45) is 5.53. The summed E-state index contributed by atoms with van der Waals surface area (Å²) in [5, 5.41) is 0. The van der Waals surface area contributed by atoms with Crippen LogP contribution in [0.1, 0.15) is 6.42 Å². The van der Waals surface area contributed by atoms with E-state index in [-0.39, 0.29) is 0 Å². The zero-order chi connectivity index (χ0) is 5.84. The Morgan fingerprint density at radius 1 is 1.33 bits per heavy atom. The summed E-state index contributed by atoms with van der Waals surface area (Å²) in [7, 11) is 0. The monoisotopic (exact) mass is 118 g/mol. The molecule has 0 aromatic heterocycles. The van der Waals surface area contributed by atoms with Gasteiger partial charge in [0.1, 0.15) is 12.4 Å². The van der Waals surface area contributed by atoms with E-state index in [1.807, 2.05) is 0 Å². The Morgan fingerprint density at radius 3 is 3.00 bits per heavy atom. The zero-order valence-corrected chi connectivity index (χ0v) is 4.98. The van der Waals surface area contributed by atoms with Crippen molar-refractivity contribution in [3.05, 3.63) is 34.6 Å². The molecule has 9 heavy (non-hydrogen) atoms. The molecule has 0 amide bonds. The molecule has 1 heteroatoms. The summed E-state index contributed by atoms with van der Waals surface area (Å²) < 4.78 is 5.37. The molecule has 0 radical (unpaired) electrons. The fourth-order valence-electron chi connectivity index (χ4n) is 1.68. The van der Waals surface area contributed by atoms with Crippen LogP contribution in [0, 0.1) is 0 Å². The molecule has 1 nitrogen and oxygen atoms in total. The highest BCUT2D eigenvalue weighted by Crippen LogP contribution is 2.42. The molecule has 2 aliphatic carbocycles. The van der Waals surface area contributed by atoms with Crippen molar-refractivity contribution in [2.45, 2.75) is 6.42 Å². The minimum Gasteiger partial charge on any atom is -0.489 e. The Hall–Kier alpha value is -0.980. The lowest BCUT2D eigenvalue weighted by molar-refractivity contribution is 0.273.